The summed E-state index contributed by atoms with van der Waals surface area (Å²) in [6, 6.07) is 11.2. The number of carbonyl (C=O) groups excluding carboxylic acids is 2. The fourth-order valence-electron chi connectivity index (χ4n) is 4.36. The first-order chi connectivity index (χ1) is 15.2. The Labute approximate surface area is 187 Å². The van der Waals surface area contributed by atoms with Gasteiger partial charge in [0, 0.05) is 6.04 Å². The summed E-state index contributed by atoms with van der Waals surface area (Å²) in [5.74, 6) is 1.73. The quantitative estimate of drug-likeness (QED) is 0.510. The molecule has 2 amide bonds. The van der Waals surface area contributed by atoms with Crippen molar-refractivity contribution in [2.75, 3.05) is 6.61 Å². The second kappa shape index (κ2) is 10.2. The van der Waals surface area contributed by atoms with Gasteiger partial charge in [-0.25, -0.2) is 0 Å². The van der Waals surface area contributed by atoms with E-state index in [1.165, 1.54) is 31.0 Å². The fourth-order valence-corrected chi connectivity index (χ4v) is 5.38. The highest BCUT2D eigenvalue weighted by Crippen LogP contribution is 2.40. The highest BCUT2D eigenvalue weighted by atomic mass is 32.2. The van der Waals surface area contributed by atoms with Gasteiger partial charge in [0.25, 0.3) is 11.8 Å². The van der Waals surface area contributed by atoms with Gasteiger partial charge in [0.15, 0.2) is 0 Å². The van der Waals surface area contributed by atoms with Crippen LogP contribution in [0.5, 0.6) is 5.75 Å². The molecule has 1 aromatic heterocycles. The van der Waals surface area contributed by atoms with Gasteiger partial charge in [0.1, 0.15) is 11.5 Å². The highest BCUT2D eigenvalue weighted by Gasteiger charge is 2.42. The molecule has 0 N–H and O–H groups in total. The van der Waals surface area contributed by atoms with Gasteiger partial charge in [0.05, 0.1) is 29.1 Å². The topological polar surface area (TPSA) is 59.8 Å². The lowest BCUT2D eigenvalue weighted by Crippen LogP contribution is -2.41. The summed E-state index contributed by atoms with van der Waals surface area (Å²) in [5.41, 5.74) is 1.27. The molecule has 0 atom stereocenters. The summed E-state index contributed by atoms with van der Waals surface area (Å²) in [5, 5.41) is 0. The summed E-state index contributed by atoms with van der Waals surface area (Å²) in [7, 11) is 0. The number of hydrogen-bond acceptors (Lipinski definition) is 5. The number of nitrogens with zero attached hydrogens (tertiary/aromatic N) is 1. The SMILES string of the molecule is CCOc1ccc(C2=C(SCc3ccco3)C(=O)N(C3CCCCCCC3)C2=O)cc1. The van der Waals surface area contributed by atoms with E-state index in [0.717, 1.165) is 42.8 Å². The van der Waals surface area contributed by atoms with E-state index < -0.39 is 0 Å². The molecule has 0 bridgehead atoms. The van der Waals surface area contributed by atoms with Crippen LogP contribution in [-0.2, 0) is 15.3 Å². The largest absolute Gasteiger partial charge is 0.494 e. The molecule has 1 aliphatic heterocycles. The molecule has 0 saturated heterocycles. The van der Waals surface area contributed by atoms with Gasteiger partial charge in [-0.3, -0.25) is 14.5 Å². The molecular weight excluding hydrogens is 410 g/mol. The van der Waals surface area contributed by atoms with Crippen molar-refractivity contribution in [2.45, 2.75) is 63.7 Å². The Morgan fingerprint density at radius 1 is 1.00 bits per heavy atom. The molecule has 2 aromatic rings. The first kappa shape index (κ1) is 21.8. The van der Waals surface area contributed by atoms with E-state index in [2.05, 4.69) is 0 Å². The van der Waals surface area contributed by atoms with Gasteiger partial charge in [-0.05, 0) is 49.6 Å². The lowest BCUT2D eigenvalue weighted by molar-refractivity contribution is -0.139. The number of benzene rings is 1. The Kier molecular flexibility index (Phi) is 7.17. The molecule has 2 heterocycles. The second-order valence-electron chi connectivity index (χ2n) is 8.01. The molecule has 4 rings (SSSR count). The maximum Gasteiger partial charge on any atom is 0.268 e. The first-order valence-corrected chi connectivity index (χ1v) is 12.2. The smallest absolute Gasteiger partial charge is 0.268 e. The summed E-state index contributed by atoms with van der Waals surface area (Å²) in [6.07, 6.45) is 9.13. The molecule has 2 aliphatic rings. The van der Waals surface area contributed by atoms with Crippen molar-refractivity contribution in [3.63, 3.8) is 0 Å². The van der Waals surface area contributed by atoms with Crippen LogP contribution >= 0.6 is 11.8 Å². The molecule has 5 nitrogen and oxygen atoms in total. The Morgan fingerprint density at radius 2 is 1.71 bits per heavy atom. The molecule has 0 radical (unpaired) electrons. The van der Waals surface area contributed by atoms with E-state index in [0.29, 0.717) is 22.8 Å². The summed E-state index contributed by atoms with van der Waals surface area (Å²) in [6.45, 7) is 2.52. The third-order valence-electron chi connectivity index (χ3n) is 5.91. The third kappa shape index (κ3) is 4.90. The monoisotopic (exact) mass is 439 g/mol. The Hall–Kier alpha value is -2.47. The zero-order valence-electron chi connectivity index (χ0n) is 18.0. The van der Waals surface area contributed by atoms with Crippen LogP contribution in [0.15, 0.2) is 52.0 Å². The van der Waals surface area contributed by atoms with Crippen LogP contribution in [0.4, 0.5) is 0 Å². The molecular formula is C25H29NO4S. The van der Waals surface area contributed by atoms with E-state index >= 15 is 0 Å². The van der Waals surface area contributed by atoms with Gasteiger partial charge in [-0.2, -0.15) is 0 Å². The van der Waals surface area contributed by atoms with Crippen molar-refractivity contribution in [2.24, 2.45) is 0 Å². The number of amides is 2. The van der Waals surface area contributed by atoms with Crippen molar-refractivity contribution in [1.82, 2.24) is 4.90 Å². The summed E-state index contributed by atoms with van der Waals surface area (Å²) < 4.78 is 11.0. The van der Waals surface area contributed by atoms with E-state index in [1.807, 2.05) is 43.3 Å². The molecule has 0 spiro atoms. The Morgan fingerprint density at radius 3 is 2.35 bits per heavy atom. The maximum atomic E-state index is 13.6. The number of rotatable bonds is 7. The Balaban J connectivity index is 1.64. The van der Waals surface area contributed by atoms with Gasteiger partial charge in [-0.1, -0.05) is 44.2 Å². The van der Waals surface area contributed by atoms with Crippen molar-refractivity contribution >= 4 is 29.1 Å². The molecule has 1 aromatic carbocycles. The number of ether oxygens (including phenoxy) is 1. The van der Waals surface area contributed by atoms with E-state index in [-0.39, 0.29) is 17.9 Å². The van der Waals surface area contributed by atoms with E-state index in [9.17, 15) is 9.59 Å². The van der Waals surface area contributed by atoms with Crippen LogP contribution in [0, 0.1) is 0 Å². The van der Waals surface area contributed by atoms with Crippen molar-refractivity contribution in [3.8, 4) is 5.75 Å². The predicted octanol–water partition coefficient (Wildman–Crippen LogP) is 5.80. The van der Waals surface area contributed by atoms with Crippen molar-refractivity contribution < 1.29 is 18.7 Å². The molecule has 31 heavy (non-hydrogen) atoms. The molecule has 164 valence electrons. The van der Waals surface area contributed by atoms with Crippen LogP contribution in [0.25, 0.3) is 5.57 Å². The second-order valence-corrected chi connectivity index (χ2v) is 8.99. The number of carbonyl (C=O) groups is 2. The minimum atomic E-state index is -0.165. The average molecular weight is 440 g/mol. The zero-order chi connectivity index (χ0) is 21.6. The van der Waals surface area contributed by atoms with Crippen LogP contribution in [0.1, 0.15) is 63.2 Å². The average Bonchev–Trinajstić information content (AvgIpc) is 3.34. The predicted molar refractivity (Wildman–Crippen MR) is 122 cm³/mol. The van der Waals surface area contributed by atoms with Crippen LogP contribution in [0.3, 0.4) is 0 Å². The first-order valence-electron chi connectivity index (χ1n) is 11.2. The molecule has 1 saturated carbocycles. The normalized spacial score (nSPS) is 18.4. The maximum absolute atomic E-state index is 13.6. The van der Waals surface area contributed by atoms with Gasteiger partial charge in [-0.15, -0.1) is 11.8 Å². The zero-order valence-corrected chi connectivity index (χ0v) is 18.8. The highest BCUT2D eigenvalue weighted by molar-refractivity contribution is 8.03. The lowest BCUT2D eigenvalue weighted by atomic mass is 9.95. The van der Waals surface area contributed by atoms with E-state index in [4.69, 9.17) is 9.15 Å². The van der Waals surface area contributed by atoms with Crippen molar-refractivity contribution in [3.05, 3.63) is 58.9 Å². The third-order valence-corrected chi connectivity index (χ3v) is 7.00. The minimum absolute atomic E-state index is 0.0142. The fraction of sp³-hybridized carbons (Fsp3) is 0.440. The number of imide groups is 1. The van der Waals surface area contributed by atoms with Crippen LogP contribution in [0.2, 0.25) is 0 Å². The molecule has 6 heteroatoms. The van der Waals surface area contributed by atoms with Crippen molar-refractivity contribution in [1.29, 1.82) is 0 Å². The standard InChI is InChI=1S/C25H29NO4S/c1-2-29-20-14-12-18(13-15-20)22-23(31-17-21-11-8-16-30-21)25(28)26(24(22)27)19-9-6-4-3-5-7-10-19/h8,11-16,19H,2-7,9-10,17H2,1H3. The van der Waals surface area contributed by atoms with E-state index in [1.54, 1.807) is 11.2 Å². The number of thioether (sulfide) groups is 1. The lowest BCUT2D eigenvalue weighted by Gasteiger charge is -2.28. The van der Waals surface area contributed by atoms with Gasteiger partial charge in [0.2, 0.25) is 0 Å². The summed E-state index contributed by atoms with van der Waals surface area (Å²) in [4.78, 5) is 29.1. The molecule has 0 unspecified atom stereocenters. The minimum Gasteiger partial charge on any atom is -0.494 e. The van der Waals surface area contributed by atoms with Crippen LogP contribution < -0.4 is 4.74 Å². The number of furan rings is 1. The Bertz CT molecular complexity index is 925. The van der Waals surface area contributed by atoms with Gasteiger partial charge < -0.3 is 9.15 Å². The molecule has 1 fully saturated rings. The van der Waals surface area contributed by atoms with Crippen LogP contribution in [-0.4, -0.2) is 29.4 Å². The van der Waals surface area contributed by atoms with Gasteiger partial charge >= 0.3 is 0 Å². The summed E-state index contributed by atoms with van der Waals surface area (Å²) >= 11 is 1.39. The number of hydrogen-bond donors (Lipinski definition) is 0. The molecule has 1 aliphatic carbocycles.